The monoisotopic (exact) mass is 167 g/mol. The van der Waals surface area contributed by atoms with E-state index in [1.54, 1.807) is 6.92 Å². The molecule has 0 fully saturated rings. The predicted molar refractivity (Wildman–Crippen MR) is 32.8 cm³/mol. The molecule has 0 aromatic heterocycles. The van der Waals surface area contributed by atoms with Gasteiger partial charge in [0.15, 0.2) is 0 Å². The molecule has 1 N–H and O–H groups in total. The predicted octanol–water partition coefficient (Wildman–Crippen LogP) is -1.87. The molecule has 0 heterocycles. The van der Waals surface area contributed by atoms with Crippen molar-refractivity contribution < 1.29 is 62.7 Å². The van der Waals surface area contributed by atoms with Crippen molar-refractivity contribution in [3.63, 3.8) is 0 Å². The van der Waals surface area contributed by atoms with Gasteiger partial charge in [0.25, 0.3) is 0 Å². The topological polar surface area (TPSA) is 61.1 Å². The molecule has 1 unspecified atom stereocenters. The molecule has 3 nitrogen and oxygen atoms in total. The molecular formula is C6H10KNO2. The molecule has 0 aromatic rings. The van der Waals surface area contributed by atoms with E-state index in [2.05, 4.69) is 0 Å². The Hall–Kier alpha value is 0.596. The van der Waals surface area contributed by atoms with Gasteiger partial charge in [0.1, 0.15) is 0 Å². The Morgan fingerprint density at radius 2 is 2.40 bits per heavy atom. The molecule has 0 radical (unpaired) electrons. The molecule has 10 heavy (non-hydrogen) atoms. The standard InChI is InChI=1S/C6H9NO2.K.H/c1-5(4-7)2-3-6(8)9;;/h5H,2-3H2,1H3,(H,8,9);;/q;+1;-1. The average molecular weight is 167 g/mol. The first-order valence-electron chi connectivity index (χ1n) is 2.78. The van der Waals surface area contributed by atoms with Gasteiger partial charge < -0.3 is 6.53 Å². The second-order valence-corrected chi connectivity index (χ2v) is 1.96. The van der Waals surface area contributed by atoms with Gasteiger partial charge in [0, 0.05) is 12.3 Å². The molecule has 0 spiro atoms. The number of hydrogen-bond donors (Lipinski definition) is 1. The summed E-state index contributed by atoms with van der Waals surface area (Å²) in [4.78, 5) is 9.91. The van der Waals surface area contributed by atoms with Gasteiger partial charge in [-0.3, -0.25) is 4.79 Å². The Morgan fingerprint density at radius 3 is 2.70 bits per heavy atom. The minimum atomic E-state index is -0.836. The van der Waals surface area contributed by atoms with Gasteiger partial charge in [-0.2, -0.15) is 5.26 Å². The summed E-state index contributed by atoms with van der Waals surface area (Å²) in [7, 11) is 0. The molecule has 52 valence electrons. The summed E-state index contributed by atoms with van der Waals surface area (Å²) in [5, 5.41) is 16.4. The smallest absolute Gasteiger partial charge is 1.00 e. The third kappa shape index (κ3) is 8.60. The zero-order chi connectivity index (χ0) is 7.28. The number of aliphatic carboxylic acids is 1. The van der Waals surface area contributed by atoms with Crippen LogP contribution < -0.4 is 51.4 Å². The summed E-state index contributed by atoms with van der Waals surface area (Å²) in [5.74, 6) is -0.974. The Bertz CT molecular complexity index is 146. The van der Waals surface area contributed by atoms with Crippen LogP contribution in [0.1, 0.15) is 21.2 Å². The number of carboxylic acid groups (broad SMARTS) is 1. The molecular weight excluding hydrogens is 157 g/mol. The SMILES string of the molecule is CC(C#N)CCC(=O)O.[H-].[K+]. The van der Waals surface area contributed by atoms with Crippen LogP contribution >= 0.6 is 0 Å². The molecule has 0 aliphatic rings. The second-order valence-electron chi connectivity index (χ2n) is 1.96. The van der Waals surface area contributed by atoms with E-state index < -0.39 is 5.97 Å². The maximum absolute atomic E-state index is 9.91. The molecule has 0 rings (SSSR count). The summed E-state index contributed by atoms with van der Waals surface area (Å²) in [6.45, 7) is 1.71. The van der Waals surface area contributed by atoms with Crippen molar-refractivity contribution in [3.05, 3.63) is 0 Å². The molecule has 1 atom stereocenters. The van der Waals surface area contributed by atoms with Gasteiger partial charge in [0.05, 0.1) is 6.07 Å². The van der Waals surface area contributed by atoms with Gasteiger partial charge in [0.2, 0.25) is 0 Å². The molecule has 0 saturated heterocycles. The summed E-state index contributed by atoms with van der Waals surface area (Å²) < 4.78 is 0. The van der Waals surface area contributed by atoms with Crippen molar-refractivity contribution in [3.8, 4) is 6.07 Å². The molecule has 0 aliphatic carbocycles. The molecule has 0 aromatic carbocycles. The first-order valence-corrected chi connectivity index (χ1v) is 2.78. The Kier molecular flexibility index (Phi) is 10.2. The first kappa shape index (κ1) is 13.2. The van der Waals surface area contributed by atoms with Crippen LogP contribution in [0, 0.1) is 17.2 Å². The van der Waals surface area contributed by atoms with Gasteiger partial charge in [-0.1, -0.05) is 0 Å². The Balaban J connectivity index is -0.000000320. The van der Waals surface area contributed by atoms with Crippen molar-refractivity contribution in [2.24, 2.45) is 5.92 Å². The zero-order valence-electron chi connectivity index (χ0n) is 7.29. The van der Waals surface area contributed by atoms with Crippen molar-refractivity contribution in [2.45, 2.75) is 19.8 Å². The number of nitrogens with zero attached hydrogens (tertiary/aromatic N) is 1. The molecule has 0 bridgehead atoms. The van der Waals surface area contributed by atoms with E-state index in [1.165, 1.54) is 0 Å². The van der Waals surface area contributed by atoms with Crippen LogP contribution in [-0.2, 0) is 4.79 Å². The fourth-order valence-corrected chi connectivity index (χ4v) is 0.405. The van der Waals surface area contributed by atoms with Crippen LogP contribution in [0.25, 0.3) is 0 Å². The quantitative estimate of drug-likeness (QED) is 0.501. The number of carbonyl (C=O) groups is 1. The van der Waals surface area contributed by atoms with Crippen LogP contribution in [0.4, 0.5) is 0 Å². The van der Waals surface area contributed by atoms with Crippen LogP contribution in [0.2, 0.25) is 0 Å². The van der Waals surface area contributed by atoms with Crippen molar-refractivity contribution in [1.82, 2.24) is 0 Å². The minimum Gasteiger partial charge on any atom is -1.00 e. The fraction of sp³-hybridized carbons (Fsp3) is 0.667. The van der Waals surface area contributed by atoms with E-state index in [0.29, 0.717) is 6.42 Å². The van der Waals surface area contributed by atoms with Crippen LogP contribution in [0.3, 0.4) is 0 Å². The number of carboxylic acids is 1. The van der Waals surface area contributed by atoms with Gasteiger partial charge in [-0.05, 0) is 13.3 Å². The second kappa shape index (κ2) is 7.70. The maximum Gasteiger partial charge on any atom is 1.00 e. The van der Waals surface area contributed by atoms with Crippen molar-refractivity contribution >= 4 is 5.97 Å². The van der Waals surface area contributed by atoms with Gasteiger partial charge >= 0.3 is 57.4 Å². The van der Waals surface area contributed by atoms with E-state index in [-0.39, 0.29) is 65.1 Å². The Morgan fingerprint density at radius 1 is 1.90 bits per heavy atom. The summed E-state index contributed by atoms with van der Waals surface area (Å²) in [5.41, 5.74) is 0. The van der Waals surface area contributed by atoms with Crippen LogP contribution in [-0.4, -0.2) is 11.1 Å². The van der Waals surface area contributed by atoms with E-state index in [4.69, 9.17) is 10.4 Å². The summed E-state index contributed by atoms with van der Waals surface area (Å²) >= 11 is 0. The third-order valence-corrected chi connectivity index (χ3v) is 1.01. The molecule has 0 aliphatic heterocycles. The fourth-order valence-electron chi connectivity index (χ4n) is 0.405. The first-order chi connectivity index (χ1) is 4.16. The van der Waals surface area contributed by atoms with Crippen LogP contribution in [0.5, 0.6) is 0 Å². The van der Waals surface area contributed by atoms with Gasteiger partial charge in [-0.15, -0.1) is 0 Å². The largest absolute Gasteiger partial charge is 1.00 e. The average Bonchev–Trinajstić information content (AvgIpc) is 1.83. The van der Waals surface area contributed by atoms with E-state index in [9.17, 15) is 4.79 Å². The maximum atomic E-state index is 9.91. The van der Waals surface area contributed by atoms with E-state index in [0.717, 1.165) is 0 Å². The van der Waals surface area contributed by atoms with E-state index in [1.807, 2.05) is 6.07 Å². The minimum absolute atomic E-state index is 0. The van der Waals surface area contributed by atoms with Crippen LogP contribution in [0.15, 0.2) is 0 Å². The number of hydrogen-bond acceptors (Lipinski definition) is 2. The molecule has 4 heteroatoms. The van der Waals surface area contributed by atoms with Crippen molar-refractivity contribution in [2.75, 3.05) is 0 Å². The van der Waals surface area contributed by atoms with E-state index >= 15 is 0 Å². The number of rotatable bonds is 3. The molecule has 0 saturated carbocycles. The summed E-state index contributed by atoms with van der Waals surface area (Å²) in [6, 6.07) is 1.96. The molecule has 0 amide bonds. The third-order valence-electron chi connectivity index (χ3n) is 1.01. The summed E-state index contributed by atoms with van der Waals surface area (Å²) in [6.07, 6.45) is 0.542. The van der Waals surface area contributed by atoms with Gasteiger partial charge in [-0.25, -0.2) is 0 Å². The van der Waals surface area contributed by atoms with Crippen molar-refractivity contribution in [1.29, 1.82) is 5.26 Å². The normalized spacial score (nSPS) is 10.8. The Labute approximate surface area is 104 Å². The zero-order valence-corrected chi connectivity index (χ0v) is 9.42. The number of nitriles is 1.